The summed E-state index contributed by atoms with van der Waals surface area (Å²) in [5.74, 6) is 0.586. The van der Waals surface area contributed by atoms with E-state index in [2.05, 4.69) is 41.0 Å². The summed E-state index contributed by atoms with van der Waals surface area (Å²) in [4.78, 5) is 21.5. The zero-order valence-electron chi connectivity index (χ0n) is 16.4. The number of likely N-dealkylation sites (N-methyl/N-ethyl adjacent to an activating group) is 1. The number of amides is 1. The first kappa shape index (κ1) is 21.4. The third kappa shape index (κ3) is 7.30. The van der Waals surface area contributed by atoms with Crippen LogP contribution in [0.25, 0.3) is 0 Å². The highest BCUT2D eigenvalue weighted by Crippen LogP contribution is 2.23. The van der Waals surface area contributed by atoms with Crippen molar-refractivity contribution in [3.8, 4) is 12.1 Å². The van der Waals surface area contributed by atoms with Gasteiger partial charge in [0.2, 0.25) is 5.91 Å². The van der Waals surface area contributed by atoms with Crippen molar-refractivity contribution >= 4 is 17.2 Å². The van der Waals surface area contributed by atoms with Gasteiger partial charge in [0.05, 0.1) is 31.5 Å². The molecule has 0 radical (unpaired) electrons. The smallest absolute Gasteiger partial charge is 0.236 e. The van der Waals surface area contributed by atoms with Crippen LogP contribution in [0.4, 0.5) is 0 Å². The molecule has 6 nitrogen and oxygen atoms in total. The Morgan fingerprint density at radius 2 is 2.00 bits per heavy atom. The van der Waals surface area contributed by atoms with Crippen molar-refractivity contribution in [2.75, 3.05) is 46.3 Å². The van der Waals surface area contributed by atoms with E-state index in [1.165, 1.54) is 9.75 Å². The Hall–Kier alpha value is -1.93. The van der Waals surface area contributed by atoms with Gasteiger partial charge in [-0.15, -0.1) is 11.3 Å². The molecule has 0 N–H and O–H groups in total. The van der Waals surface area contributed by atoms with Crippen LogP contribution >= 0.6 is 11.3 Å². The first-order valence-corrected chi connectivity index (χ1v) is 10.3. The third-order valence-corrected chi connectivity index (χ3v) is 5.85. The van der Waals surface area contributed by atoms with Gasteiger partial charge in [-0.3, -0.25) is 14.6 Å². The number of hydrogen-bond donors (Lipinski definition) is 0. The maximum absolute atomic E-state index is 12.5. The highest BCUT2D eigenvalue weighted by Gasteiger charge is 2.25. The molecule has 1 aliphatic heterocycles. The molecule has 1 aliphatic rings. The maximum atomic E-state index is 12.5. The average molecular weight is 388 g/mol. The Morgan fingerprint density at radius 1 is 1.30 bits per heavy atom. The summed E-state index contributed by atoms with van der Waals surface area (Å²) in [6.07, 6.45) is 1.77. The first-order valence-electron chi connectivity index (χ1n) is 9.49. The van der Waals surface area contributed by atoms with Gasteiger partial charge in [0.25, 0.3) is 0 Å². The minimum Gasteiger partial charge on any atom is -0.340 e. The SMILES string of the molecule is Cc1ccc(CN2CCC(CN(C)CC(=O)N(CCC#N)CCC#N)C2)s1. The van der Waals surface area contributed by atoms with E-state index < -0.39 is 0 Å². The number of thiophene rings is 1. The van der Waals surface area contributed by atoms with E-state index in [4.69, 9.17) is 10.5 Å². The molecule has 1 aromatic heterocycles. The summed E-state index contributed by atoms with van der Waals surface area (Å²) in [7, 11) is 1.98. The quantitative estimate of drug-likeness (QED) is 0.616. The molecule has 1 atom stereocenters. The fourth-order valence-corrected chi connectivity index (χ4v) is 4.50. The second-order valence-corrected chi connectivity index (χ2v) is 8.67. The van der Waals surface area contributed by atoms with Gasteiger partial charge in [-0.2, -0.15) is 10.5 Å². The summed E-state index contributed by atoms with van der Waals surface area (Å²) < 4.78 is 0. The summed E-state index contributed by atoms with van der Waals surface area (Å²) in [6.45, 7) is 7.40. The minimum absolute atomic E-state index is 0.00640. The van der Waals surface area contributed by atoms with E-state index in [0.717, 1.165) is 32.6 Å². The second kappa shape index (κ2) is 11.0. The molecule has 1 amide bonds. The zero-order chi connectivity index (χ0) is 19.6. The third-order valence-electron chi connectivity index (χ3n) is 4.86. The van der Waals surface area contributed by atoms with Crippen LogP contribution in [0, 0.1) is 35.5 Å². The van der Waals surface area contributed by atoms with E-state index in [1.807, 2.05) is 18.4 Å². The Bertz CT molecular complexity index is 671. The summed E-state index contributed by atoms with van der Waals surface area (Å²) in [6, 6.07) is 8.54. The average Bonchev–Trinajstić information content (AvgIpc) is 3.23. The van der Waals surface area contributed by atoms with Gasteiger partial charge in [0.15, 0.2) is 0 Å². The predicted molar refractivity (Wildman–Crippen MR) is 107 cm³/mol. The van der Waals surface area contributed by atoms with Gasteiger partial charge in [-0.25, -0.2) is 0 Å². The van der Waals surface area contributed by atoms with Gasteiger partial charge < -0.3 is 4.90 Å². The first-order chi connectivity index (χ1) is 13.0. The fourth-order valence-electron chi connectivity index (χ4n) is 3.56. The van der Waals surface area contributed by atoms with Gasteiger partial charge in [-0.05, 0) is 45.0 Å². The topological polar surface area (TPSA) is 74.4 Å². The molecule has 2 rings (SSSR count). The molecular formula is C20H29N5OS. The number of hydrogen-bond acceptors (Lipinski definition) is 6. The molecular weight excluding hydrogens is 358 g/mol. The van der Waals surface area contributed by atoms with Crippen molar-refractivity contribution in [2.24, 2.45) is 5.92 Å². The normalized spacial score (nSPS) is 17.0. The molecule has 7 heteroatoms. The lowest BCUT2D eigenvalue weighted by molar-refractivity contribution is -0.132. The number of carbonyl (C=O) groups excluding carboxylic acids is 1. The monoisotopic (exact) mass is 387 g/mol. The molecule has 0 aromatic carbocycles. The largest absolute Gasteiger partial charge is 0.340 e. The lowest BCUT2D eigenvalue weighted by atomic mass is 10.1. The van der Waals surface area contributed by atoms with Gasteiger partial charge in [-0.1, -0.05) is 0 Å². The molecule has 1 unspecified atom stereocenters. The van der Waals surface area contributed by atoms with Crippen LogP contribution in [-0.4, -0.2) is 66.9 Å². The summed E-state index contributed by atoms with van der Waals surface area (Å²) in [5.41, 5.74) is 0. The van der Waals surface area contributed by atoms with Crippen LogP contribution in [0.3, 0.4) is 0 Å². The van der Waals surface area contributed by atoms with Crippen LogP contribution in [0.15, 0.2) is 12.1 Å². The molecule has 1 aromatic rings. The lowest BCUT2D eigenvalue weighted by Gasteiger charge is -2.25. The molecule has 1 saturated heterocycles. The molecule has 146 valence electrons. The predicted octanol–water partition coefficient (Wildman–Crippen LogP) is 2.47. The number of nitrogens with zero attached hydrogens (tertiary/aromatic N) is 5. The van der Waals surface area contributed by atoms with Crippen LogP contribution in [0.1, 0.15) is 29.0 Å². The summed E-state index contributed by atoms with van der Waals surface area (Å²) in [5, 5.41) is 17.5. The number of likely N-dealkylation sites (tertiary alicyclic amines) is 1. The van der Waals surface area contributed by atoms with Gasteiger partial charge >= 0.3 is 0 Å². The molecule has 1 fully saturated rings. The zero-order valence-corrected chi connectivity index (χ0v) is 17.2. The van der Waals surface area contributed by atoms with Crippen LogP contribution in [-0.2, 0) is 11.3 Å². The van der Waals surface area contributed by atoms with E-state index in [0.29, 0.717) is 38.4 Å². The van der Waals surface area contributed by atoms with Gasteiger partial charge in [0.1, 0.15) is 0 Å². The minimum atomic E-state index is 0.00640. The molecule has 0 saturated carbocycles. The van der Waals surface area contributed by atoms with Crippen molar-refractivity contribution < 1.29 is 4.79 Å². The highest BCUT2D eigenvalue weighted by atomic mass is 32.1. The van der Waals surface area contributed by atoms with Crippen LogP contribution in [0.2, 0.25) is 0 Å². The number of carbonyl (C=O) groups is 1. The van der Waals surface area contributed by atoms with Gasteiger partial charge in [0, 0.05) is 42.5 Å². The van der Waals surface area contributed by atoms with Crippen molar-refractivity contribution in [1.29, 1.82) is 10.5 Å². The highest BCUT2D eigenvalue weighted by molar-refractivity contribution is 7.11. The standard InChI is InChI=1S/C20H29N5OS/c1-17-5-6-19(27-17)15-24-12-7-18(14-24)13-23(2)16-20(26)25(10-3-8-21)11-4-9-22/h5-6,18H,3-4,7,10-16H2,1-2H3. The Morgan fingerprint density at radius 3 is 2.59 bits per heavy atom. The molecule has 0 spiro atoms. The van der Waals surface area contributed by atoms with Crippen LogP contribution in [0.5, 0.6) is 0 Å². The van der Waals surface area contributed by atoms with E-state index in [9.17, 15) is 4.79 Å². The van der Waals surface area contributed by atoms with Crippen molar-refractivity contribution in [1.82, 2.24) is 14.7 Å². The Kier molecular flexibility index (Phi) is 8.74. The van der Waals surface area contributed by atoms with E-state index in [-0.39, 0.29) is 5.91 Å². The Balaban J connectivity index is 1.75. The van der Waals surface area contributed by atoms with Crippen molar-refractivity contribution in [3.05, 3.63) is 21.9 Å². The molecule has 0 aliphatic carbocycles. The van der Waals surface area contributed by atoms with Crippen molar-refractivity contribution in [2.45, 2.75) is 32.7 Å². The number of aryl methyl sites for hydroxylation is 1. The molecule has 27 heavy (non-hydrogen) atoms. The van der Waals surface area contributed by atoms with E-state index in [1.54, 1.807) is 4.90 Å². The Labute approximate surface area is 166 Å². The maximum Gasteiger partial charge on any atom is 0.236 e. The summed E-state index contributed by atoms with van der Waals surface area (Å²) >= 11 is 1.87. The van der Waals surface area contributed by atoms with E-state index >= 15 is 0 Å². The lowest BCUT2D eigenvalue weighted by Crippen LogP contribution is -2.41. The molecule has 2 heterocycles. The van der Waals surface area contributed by atoms with Crippen molar-refractivity contribution in [3.63, 3.8) is 0 Å². The fraction of sp³-hybridized carbons (Fsp3) is 0.650. The second-order valence-electron chi connectivity index (χ2n) is 7.30. The number of rotatable bonds is 10. The molecule has 0 bridgehead atoms. The number of nitriles is 2. The van der Waals surface area contributed by atoms with Crippen LogP contribution < -0.4 is 0 Å².